The molecule has 32 heavy (non-hydrogen) atoms. The summed E-state index contributed by atoms with van der Waals surface area (Å²) in [7, 11) is 3.12. The van der Waals surface area contributed by atoms with Crippen LogP contribution in [0.25, 0.3) is 5.57 Å². The average molecular weight is 454 g/mol. The number of ether oxygens (including phenoxy) is 3. The number of methoxy groups -OCH3 is 2. The summed E-state index contributed by atoms with van der Waals surface area (Å²) in [5, 5.41) is 5.35. The standard InChI is InChI=1S/C25H27NO5S/c1-4-31-25(28)23-19(17-7-5-6-16-12-18(16)13-17)14-32-24(23)26-22(27)11-15-8-9-20(29-2)21(10-15)30-3/h5,7-10,13-14,16,18H,4,6,11-12H2,1-3H3,(H,26,27)/t16?,18-/m0/s1. The summed E-state index contributed by atoms with van der Waals surface area (Å²) in [5.41, 5.74) is 3.05. The van der Waals surface area contributed by atoms with Gasteiger partial charge in [0.1, 0.15) is 10.6 Å². The van der Waals surface area contributed by atoms with E-state index in [0.717, 1.165) is 23.1 Å². The molecule has 1 aromatic heterocycles. The quantitative estimate of drug-likeness (QED) is 0.563. The summed E-state index contributed by atoms with van der Waals surface area (Å²) in [6, 6.07) is 5.36. The van der Waals surface area contributed by atoms with Gasteiger partial charge in [0.15, 0.2) is 11.5 Å². The third-order valence-electron chi connectivity index (χ3n) is 5.75. The van der Waals surface area contributed by atoms with E-state index in [-0.39, 0.29) is 18.9 Å². The lowest BCUT2D eigenvalue weighted by Crippen LogP contribution is -2.17. The molecule has 1 amide bonds. The van der Waals surface area contributed by atoms with Crippen molar-refractivity contribution in [1.82, 2.24) is 0 Å². The van der Waals surface area contributed by atoms with Crippen LogP contribution in [0, 0.1) is 11.8 Å². The molecule has 1 saturated carbocycles. The van der Waals surface area contributed by atoms with Gasteiger partial charge in [-0.3, -0.25) is 4.79 Å². The van der Waals surface area contributed by atoms with Crippen molar-refractivity contribution < 1.29 is 23.8 Å². The Morgan fingerprint density at radius 1 is 1.19 bits per heavy atom. The summed E-state index contributed by atoms with van der Waals surface area (Å²) < 4.78 is 15.9. The van der Waals surface area contributed by atoms with Gasteiger partial charge in [-0.2, -0.15) is 0 Å². The Morgan fingerprint density at radius 3 is 2.75 bits per heavy atom. The number of hydrogen-bond acceptors (Lipinski definition) is 6. The second-order valence-corrected chi connectivity index (χ2v) is 8.79. The molecule has 1 heterocycles. The Bertz CT molecular complexity index is 1080. The van der Waals surface area contributed by atoms with E-state index < -0.39 is 5.97 Å². The summed E-state index contributed by atoms with van der Waals surface area (Å²) >= 11 is 1.35. The van der Waals surface area contributed by atoms with Crippen LogP contribution in [0.5, 0.6) is 11.5 Å². The zero-order valence-corrected chi connectivity index (χ0v) is 19.3. The summed E-state index contributed by atoms with van der Waals surface area (Å²) in [6.07, 6.45) is 8.90. The Balaban J connectivity index is 1.57. The SMILES string of the molecule is CCOC(=O)c1c(C2=C[C@@H]3CC3CC=C2)csc1NC(=O)Cc1ccc(OC)c(OC)c1. The number of hydrogen-bond donors (Lipinski definition) is 1. The van der Waals surface area contributed by atoms with E-state index in [4.69, 9.17) is 14.2 Å². The Kier molecular flexibility index (Phi) is 6.65. The molecule has 0 bridgehead atoms. The molecule has 0 spiro atoms. The number of allylic oxidation sites excluding steroid dienone is 4. The number of amides is 1. The fourth-order valence-electron chi connectivity index (χ4n) is 4.00. The largest absolute Gasteiger partial charge is 0.493 e. The number of thiophene rings is 1. The first-order chi connectivity index (χ1) is 15.5. The normalized spacial score (nSPS) is 18.8. The van der Waals surface area contributed by atoms with Gasteiger partial charge in [0.25, 0.3) is 0 Å². The van der Waals surface area contributed by atoms with Crippen LogP contribution < -0.4 is 14.8 Å². The highest BCUT2D eigenvalue weighted by Gasteiger charge is 2.36. The smallest absolute Gasteiger partial charge is 0.341 e. The minimum Gasteiger partial charge on any atom is -0.493 e. The van der Waals surface area contributed by atoms with Gasteiger partial charge in [-0.15, -0.1) is 11.3 Å². The van der Waals surface area contributed by atoms with Gasteiger partial charge in [0, 0.05) is 10.9 Å². The van der Waals surface area contributed by atoms with E-state index in [0.29, 0.717) is 33.9 Å². The molecule has 4 rings (SSSR count). The van der Waals surface area contributed by atoms with Gasteiger partial charge >= 0.3 is 5.97 Å². The first kappa shape index (κ1) is 22.1. The number of carbonyl (C=O) groups excluding carboxylic acids is 2. The third kappa shape index (κ3) is 4.72. The van der Waals surface area contributed by atoms with Crippen LogP contribution >= 0.6 is 11.3 Å². The van der Waals surface area contributed by atoms with Crippen LogP contribution in [0.3, 0.4) is 0 Å². The van der Waals surface area contributed by atoms with E-state index in [2.05, 4.69) is 23.5 Å². The van der Waals surface area contributed by atoms with Crippen molar-refractivity contribution >= 4 is 33.8 Å². The summed E-state index contributed by atoms with van der Waals surface area (Å²) in [5.74, 6) is 1.81. The van der Waals surface area contributed by atoms with Crippen molar-refractivity contribution in [3.63, 3.8) is 0 Å². The highest BCUT2D eigenvalue weighted by Crippen LogP contribution is 2.47. The fourth-order valence-corrected chi connectivity index (χ4v) is 4.97. The molecule has 2 aliphatic rings. The predicted octanol–water partition coefficient (Wildman–Crippen LogP) is 5.10. The molecule has 1 unspecified atom stereocenters. The number of fused-ring (bicyclic) bond motifs is 1. The van der Waals surface area contributed by atoms with Crippen molar-refractivity contribution in [3.05, 3.63) is 58.5 Å². The second kappa shape index (κ2) is 9.61. The van der Waals surface area contributed by atoms with Crippen molar-refractivity contribution in [1.29, 1.82) is 0 Å². The van der Waals surface area contributed by atoms with E-state index >= 15 is 0 Å². The number of rotatable bonds is 8. The molecule has 2 atom stereocenters. The van der Waals surface area contributed by atoms with Crippen molar-refractivity contribution in [3.8, 4) is 11.5 Å². The molecule has 7 heteroatoms. The van der Waals surface area contributed by atoms with Crippen LogP contribution in [-0.4, -0.2) is 32.7 Å². The monoisotopic (exact) mass is 453 g/mol. The number of esters is 1. The maximum absolute atomic E-state index is 12.8. The molecule has 2 aliphatic carbocycles. The van der Waals surface area contributed by atoms with Crippen LogP contribution in [0.4, 0.5) is 5.00 Å². The van der Waals surface area contributed by atoms with Gasteiger partial charge in [0.2, 0.25) is 5.91 Å². The van der Waals surface area contributed by atoms with Crippen LogP contribution in [0.1, 0.15) is 41.3 Å². The highest BCUT2D eigenvalue weighted by atomic mass is 32.1. The zero-order valence-electron chi connectivity index (χ0n) is 18.5. The van der Waals surface area contributed by atoms with Gasteiger partial charge in [-0.25, -0.2) is 4.79 Å². The van der Waals surface area contributed by atoms with Crippen LogP contribution in [-0.2, 0) is 16.0 Å². The predicted molar refractivity (Wildman–Crippen MR) is 125 cm³/mol. The Hall–Kier alpha value is -3.06. The minimum absolute atomic E-state index is 0.141. The summed E-state index contributed by atoms with van der Waals surface area (Å²) in [6.45, 7) is 2.05. The minimum atomic E-state index is -0.420. The molecule has 1 fully saturated rings. The average Bonchev–Trinajstić information content (AvgIpc) is 3.43. The second-order valence-electron chi connectivity index (χ2n) is 7.91. The molecule has 1 N–H and O–H groups in total. The first-order valence-electron chi connectivity index (χ1n) is 10.7. The molecule has 6 nitrogen and oxygen atoms in total. The molecule has 0 radical (unpaired) electrons. The number of benzene rings is 1. The fraction of sp³-hybridized carbons (Fsp3) is 0.360. The van der Waals surface area contributed by atoms with Gasteiger partial charge in [0.05, 0.1) is 27.2 Å². The maximum Gasteiger partial charge on any atom is 0.341 e. The molecule has 2 aromatic rings. The third-order valence-corrected chi connectivity index (χ3v) is 6.65. The van der Waals surface area contributed by atoms with E-state index in [1.165, 1.54) is 17.8 Å². The maximum atomic E-state index is 12.8. The van der Waals surface area contributed by atoms with Gasteiger partial charge < -0.3 is 19.5 Å². The van der Waals surface area contributed by atoms with Crippen LogP contribution in [0.2, 0.25) is 0 Å². The number of carbonyl (C=O) groups is 2. The Labute approximate surface area is 191 Å². The molecule has 0 aliphatic heterocycles. The molecular formula is C25H27NO5S. The molecular weight excluding hydrogens is 426 g/mol. The highest BCUT2D eigenvalue weighted by molar-refractivity contribution is 7.15. The topological polar surface area (TPSA) is 73.9 Å². The first-order valence-corrected chi connectivity index (χ1v) is 11.6. The zero-order chi connectivity index (χ0) is 22.7. The van der Waals surface area contributed by atoms with E-state index in [9.17, 15) is 9.59 Å². The van der Waals surface area contributed by atoms with E-state index in [1.54, 1.807) is 33.3 Å². The van der Waals surface area contributed by atoms with Crippen molar-refractivity contribution in [2.24, 2.45) is 11.8 Å². The van der Waals surface area contributed by atoms with Crippen molar-refractivity contribution in [2.75, 3.05) is 26.1 Å². The van der Waals surface area contributed by atoms with Gasteiger partial charge in [-0.1, -0.05) is 24.3 Å². The van der Waals surface area contributed by atoms with Crippen molar-refractivity contribution in [2.45, 2.75) is 26.2 Å². The molecule has 0 saturated heterocycles. The number of nitrogens with one attached hydrogen (secondary N) is 1. The Morgan fingerprint density at radius 2 is 2.00 bits per heavy atom. The molecule has 168 valence electrons. The van der Waals surface area contributed by atoms with Gasteiger partial charge in [-0.05, 0) is 54.9 Å². The lowest BCUT2D eigenvalue weighted by atomic mass is 10.0. The number of anilines is 1. The van der Waals surface area contributed by atoms with E-state index in [1.807, 2.05) is 11.4 Å². The lowest BCUT2D eigenvalue weighted by molar-refractivity contribution is -0.115. The van der Waals surface area contributed by atoms with Crippen LogP contribution in [0.15, 0.2) is 41.8 Å². The lowest BCUT2D eigenvalue weighted by Gasteiger charge is -2.11. The summed E-state index contributed by atoms with van der Waals surface area (Å²) in [4.78, 5) is 25.6. The molecule has 1 aromatic carbocycles.